The van der Waals surface area contributed by atoms with Crippen molar-refractivity contribution in [3.63, 3.8) is 0 Å². The van der Waals surface area contributed by atoms with Crippen LogP contribution >= 0.6 is 22.9 Å². The number of rotatable bonds is 6. The van der Waals surface area contributed by atoms with E-state index in [1.165, 1.54) is 17.0 Å². The number of hydrogen-bond acceptors (Lipinski definition) is 3. The molecule has 1 heterocycles. The summed E-state index contributed by atoms with van der Waals surface area (Å²) in [7, 11) is 0. The van der Waals surface area contributed by atoms with Crippen LogP contribution in [0.3, 0.4) is 0 Å². The van der Waals surface area contributed by atoms with Gasteiger partial charge in [-0.2, -0.15) is 0 Å². The average molecular weight is 286 g/mol. The zero-order chi connectivity index (χ0) is 12.8. The summed E-state index contributed by atoms with van der Waals surface area (Å²) >= 11 is 7.35. The minimum Gasteiger partial charge on any atom is -0.489 e. The summed E-state index contributed by atoms with van der Waals surface area (Å²) in [6.07, 6.45) is 0. The van der Waals surface area contributed by atoms with Gasteiger partial charge in [0.05, 0.1) is 0 Å². The van der Waals surface area contributed by atoms with Crippen molar-refractivity contribution >= 4 is 22.9 Å². The molecule has 2 aromatic rings. The standard InChI is InChI=1S/C13H13ClFNOS/c14-10-3-4-13(12(15)8-10)17-6-5-16-9-11-2-1-7-18-11/h1-4,7-8,16H,5-6,9H2. The smallest absolute Gasteiger partial charge is 0.166 e. The van der Waals surface area contributed by atoms with E-state index in [0.717, 1.165) is 6.54 Å². The quantitative estimate of drug-likeness (QED) is 0.817. The third-order valence-electron chi connectivity index (χ3n) is 2.31. The van der Waals surface area contributed by atoms with Gasteiger partial charge in [0, 0.05) is 23.0 Å². The van der Waals surface area contributed by atoms with Gasteiger partial charge in [-0.1, -0.05) is 17.7 Å². The van der Waals surface area contributed by atoms with E-state index in [0.29, 0.717) is 18.2 Å². The van der Waals surface area contributed by atoms with Crippen molar-refractivity contribution in [1.82, 2.24) is 5.32 Å². The summed E-state index contributed by atoms with van der Waals surface area (Å²) in [5.74, 6) is -0.196. The van der Waals surface area contributed by atoms with Crippen molar-refractivity contribution in [1.29, 1.82) is 0 Å². The van der Waals surface area contributed by atoms with E-state index in [-0.39, 0.29) is 5.75 Å². The van der Waals surface area contributed by atoms with E-state index in [1.54, 1.807) is 17.4 Å². The van der Waals surface area contributed by atoms with Gasteiger partial charge in [-0.25, -0.2) is 4.39 Å². The number of nitrogens with one attached hydrogen (secondary N) is 1. The van der Waals surface area contributed by atoms with Gasteiger partial charge in [0.2, 0.25) is 0 Å². The molecule has 2 rings (SSSR count). The van der Waals surface area contributed by atoms with E-state index in [9.17, 15) is 4.39 Å². The van der Waals surface area contributed by atoms with E-state index in [1.807, 2.05) is 11.4 Å². The fraction of sp³-hybridized carbons (Fsp3) is 0.231. The second kappa shape index (κ2) is 6.73. The fourth-order valence-electron chi connectivity index (χ4n) is 1.45. The number of hydrogen-bond donors (Lipinski definition) is 1. The van der Waals surface area contributed by atoms with Crippen LogP contribution in [0.5, 0.6) is 5.75 Å². The molecular formula is C13H13ClFNOS. The lowest BCUT2D eigenvalue weighted by molar-refractivity contribution is 0.298. The van der Waals surface area contributed by atoms with Gasteiger partial charge in [0.25, 0.3) is 0 Å². The summed E-state index contributed by atoms with van der Waals surface area (Å²) < 4.78 is 18.7. The first-order valence-corrected chi connectivity index (χ1v) is 6.82. The second-order valence-electron chi connectivity index (χ2n) is 3.68. The summed E-state index contributed by atoms with van der Waals surface area (Å²) in [6.45, 7) is 1.90. The highest BCUT2D eigenvalue weighted by Gasteiger charge is 2.03. The Kier molecular flexibility index (Phi) is 4.99. The first kappa shape index (κ1) is 13.3. The minimum absolute atomic E-state index is 0.234. The molecule has 5 heteroatoms. The largest absolute Gasteiger partial charge is 0.489 e. The third kappa shape index (κ3) is 3.98. The molecule has 0 aliphatic carbocycles. The van der Waals surface area contributed by atoms with Crippen LogP contribution in [-0.4, -0.2) is 13.2 Å². The first-order chi connectivity index (χ1) is 8.75. The molecule has 0 saturated carbocycles. The summed E-state index contributed by atoms with van der Waals surface area (Å²) in [6, 6.07) is 8.48. The van der Waals surface area contributed by atoms with E-state index >= 15 is 0 Å². The van der Waals surface area contributed by atoms with Crippen LogP contribution < -0.4 is 10.1 Å². The molecule has 0 saturated heterocycles. The molecule has 0 atom stereocenters. The summed E-state index contributed by atoms with van der Waals surface area (Å²) in [5, 5.41) is 5.64. The maximum absolute atomic E-state index is 13.4. The Morgan fingerprint density at radius 2 is 2.22 bits per heavy atom. The molecule has 0 aliphatic rings. The molecular weight excluding hydrogens is 273 g/mol. The first-order valence-electron chi connectivity index (χ1n) is 5.56. The molecule has 1 N–H and O–H groups in total. The van der Waals surface area contributed by atoms with Crippen molar-refractivity contribution in [3.8, 4) is 5.75 Å². The van der Waals surface area contributed by atoms with Crippen LogP contribution in [0, 0.1) is 5.82 Å². The Bertz CT molecular complexity index is 490. The molecule has 0 spiro atoms. The van der Waals surface area contributed by atoms with Crippen LogP contribution in [0.4, 0.5) is 4.39 Å². The van der Waals surface area contributed by atoms with Crippen LogP contribution in [0.1, 0.15) is 4.88 Å². The number of thiophene rings is 1. The Labute approximate surface area is 114 Å². The number of ether oxygens (including phenoxy) is 1. The second-order valence-corrected chi connectivity index (χ2v) is 5.15. The maximum Gasteiger partial charge on any atom is 0.166 e. The Morgan fingerprint density at radius 1 is 1.33 bits per heavy atom. The average Bonchev–Trinajstić information content (AvgIpc) is 2.84. The lowest BCUT2D eigenvalue weighted by atomic mass is 10.3. The van der Waals surface area contributed by atoms with Crippen molar-refractivity contribution < 1.29 is 9.13 Å². The van der Waals surface area contributed by atoms with E-state index in [2.05, 4.69) is 11.4 Å². The normalized spacial score (nSPS) is 10.6. The summed E-state index contributed by atoms with van der Waals surface area (Å²) in [5.41, 5.74) is 0. The molecule has 0 amide bonds. The lowest BCUT2D eigenvalue weighted by Crippen LogP contribution is -2.20. The van der Waals surface area contributed by atoms with E-state index < -0.39 is 5.82 Å². The van der Waals surface area contributed by atoms with Crippen LogP contribution in [0.15, 0.2) is 35.7 Å². The molecule has 0 aliphatic heterocycles. The highest BCUT2D eigenvalue weighted by atomic mass is 35.5. The lowest BCUT2D eigenvalue weighted by Gasteiger charge is -2.08. The van der Waals surface area contributed by atoms with E-state index in [4.69, 9.17) is 16.3 Å². The monoisotopic (exact) mass is 285 g/mol. The van der Waals surface area contributed by atoms with Crippen molar-refractivity contribution in [2.24, 2.45) is 0 Å². The Balaban J connectivity index is 1.69. The zero-order valence-electron chi connectivity index (χ0n) is 9.66. The fourth-order valence-corrected chi connectivity index (χ4v) is 2.28. The topological polar surface area (TPSA) is 21.3 Å². The highest BCUT2D eigenvalue weighted by Crippen LogP contribution is 2.20. The van der Waals surface area contributed by atoms with Crippen molar-refractivity contribution in [2.45, 2.75) is 6.54 Å². The van der Waals surface area contributed by atoms with Crippen molar-refractivity contribution in [3.05, 3.63) is 51.4 Å². The van der Waals surface area contributed by atoms with Gasteiger partial charge >= 0.3 is 0 Å². The van der Waals surface area contributed by atoms with Gasteiger partial charge in [0.1, 0.15) is 6.61 Å². The van der Waals surface area contributed by atoms with Gasteiger partial charge in [-0.15, -0.1) is 11.3 Å². The molecule has 1 aromatic heterocycles. The molecule has 0 bridgehead atoms. The summed E-state index contributed by atoms with van der Waals surface area (Å²) in [4.78, 5) is 1.27. The molecule has 2 nitrogen and oxygen atoms in total. The number of benzene rings is 1. The molecule has 1 aromatic carbocycles. The van der Waals surface area contributed by atoms with Gasteiger partial charge in [0.15, 0.2) is 11.6 Å². The van der Waals surface area contributed by atoms with Crippen LogP contribution in [-0.2, 0) is 6.54 Å². The zero-order valence-corrected chi connectivity index (χ0v) is 11.2. The molecule has 96 valence electrons. The molecule has 0 unspecified atom stereocenters. The van der Waals surface area contributed by atoms with Crippen LogP contribution in [0.25, 0.3) is 0 Å². The van der Waals surface area contributed by atoms with Gasteiger partial charge < -0.3 is 10.1 Å². The predicted molar refractivity (Wildman–Crippen MR) is 72.9 cm³/mol. The minimum atomic E-state index is -0.430. The van der Waals surface area contributed by atoms with Gasteiger partial charge in [-0.3, -0.25) is 0 Å². The highest BCUT2D eigenvalue weighted by molar-refractivity contribution is 7.09. The van der Waals surface area contributed by atoms with Crippen LogP contribution in [0.2, 0.25) is 5.02 Å². The number of halogens is 2. The Morgan fingerprint density at radius 3 is 2.94 bits per heavy atom. The predicted octanol–water partition coefficient (Wildman–Crippen LogP) is 3.71. The van der Waals surface area contributed by atoms with Crippen molar-refractivity contribution in [2.75, 3.05) is 13.2 Å². The third-order valence-corrected chi connectivity index (χ3v) is 3.42. The molecule has 0 radical (unpaired) electrons. The maximum atomic E-state index is 13.4. The van der Waals surface area contributed by atoms with Gasteiger partial charge in [-0.05, 0) is 29.6 Å². The molecule has 18 heavy (non-hydrogen) atoms. The SMILES string of the molecule is Fc1cc(Cl)ccc1OCCNCc1cccs1. The molecule has 0 fully saturated rings. The Hall–Kier alpha value is -1.10.